The molecule has 2 aromatic carbocycles. The molecule has 4 nitrogen and oxygen atoms in total. The van der Waals surface area contributed by atoms with Gasteiger partial charge in [-0.1, -0.05) is 54.6 Å². The molecule has 3 aromatic rings. The first kappa shape index (κ1) is 16.4. The zero-order chi connectivity index (χ0) is 16.5. The highest BCUT2D eigenvalue weighted by Gasteiger charge is 2.21. The van der Waals surface area contributed by atoms with E-state index < -0.39 is 9.84 Å². The summed E-state index contributed by atoms with van der Waals surface area (Å²) in [5, 5.41) is 7.19. The number of hydrogen-bond acceptors (Lipinski definition) is 4. The lowest BCUT2D eigenvalue weighted by Gasteiger charge is -2.04. The van der Waals surface area contributed by atoms with Gasteiger partial charge in [-0.3, -0.25) is 0 Å². The van der Waals surface area contributed by atoms with Gasteiger partial charge in [0.05, 0.1) is 11.1 Å². The predicted molar refractivity (Wildman–Crippen MR) is 88.3 cm³/mol. The number of nitrogens with zero attached hydrogens (tertiary/aromatic N) is 2. The average molecular weight is 322 g/mol. The molecule has 0 atom stereocenters. The van der Waals surface area contributed by atoms with Crippen LogP contribution in [0.4, 0.5) is 0 Å². The van der Waals surface area contributed by atoms with Crippen molar-refractivity contribution in [3.05, 3.63) is 84.7 Å². The third-order valence-electron chi connectivity index (χ3n) is 2.83. The van der Waals surface area contributed by atoms with Crippen molar-refractivity contribution in [2.24, 2.45) is 0 Å². The standard InChI is InChI=1S/C12H8N2O2S.C6H6/c1-2-11-12(8-9-13-14-11)17(15,16)10-6-4-3-5-7-10;1-2-4-6-5-3-1/h1,3-9H;1-6H. The molecule has 0 aliphatic rings. The molecule has 1 heterocycles. The maximum atomic E-state index is 12.3. The molecule has 0 amide bonds. The largest absolute Gasteiger partial charge is 0.218 e. The van der Waals surface area contributed by atoms with Crippen LogP contribution in [0.15, 0.2) is 88.8 Å². The molecule has 0 unspecified atom stereocenters. The molecule has 0 saturated heterocycles. The van der Waals surface area contributed by atoms with E-state index in [1.165, 1.54) is 24.4 Å². The first-order valence-corrected chi connectivity index (χ1v) is 8.23. The van der Waals surface area contributed by atoms with Gasteiger partial charge < -0.3 is 0 Å². The third kappa shape index (κ3) is 4.25. The van der Waals surface area contributed by atoms with Crippen molar-refractivity contribution in [2.45, 2.75) is 9.79 Å². The Hall–Kier alpha value is -2.97. The van der Waals surface area contributed by atoms with E-state index in [1.54, 1.807) is 18.2 Å². The molecule has 3 rings (SSSR count). The molecule has 1 aromatic heterocycles. The van der Waals surface area contributed by atoms with Crippen molar-refractivity contribution in [3.8, 4) is 12.3 Å². The number of benzene rings is 2. The van der Waals surface area contributed by atoms with Crippen LogP contribution in [0.5, 0.6) is 0 Å². The Balaban J connectivity index is 0.000000268. The minimum atomic E-state index is -3.63. The van der Waals surface area contributed by atoms with Crippen molar-refractivity contribution >= 4 is 9.84 Å². The number of sulfone groups is 1. The number of aromatic nitrogens is 2. The summed E-state index contributed by atoms with van der Waals surface area (Å²) in [5.74, 6) is 2.22. The van der Waals surface area contributed by atoms with Gasteiger partial charge in [0.1, 0.15) is 4.90 Å². The zero-order valence-corrected chi connectivity index (χ0v) is 13.0. The molecule has 5 heteroatoms. The van der Waals surface area contributed by atoms with Crippen LogP contribution in [0, 0.1) is 12.3 Å². The van der Waals surface area contributed by atoms with Gasteiger partial charge in [-0.15, -0.1) is 11.5 Å². The van der Waals surface area contributed by atoms with Crippen molar-refractivity contribution in [3.63, 3.8) is 0 Å². The number of hydrogen-bond donors (Lipinski definition) is 0. The normalized spacial score (nSPS) is 10.0. The second-order valence-electron chi connectivity index (χ2n) is 4.36. The van der Waals surface area contributed by atoms with Gasteiger partial charge in [0.15, 0.2) is 5.69 Å². The van der Waals surface area contributed by atoms with Crippen LogP contribution >= 0.6 is 0 Å². The summed E-state index contributed by atoms with van der Waals surface area (Å²) < 4.78 is 24.5. The monoisotopic (exact) mass is 322 g/mol. The topological polar surface area (TPSA) is 59.9 Å². The summed E-state index contributed by atoms with van der Waals surface area (Å²) >= 11 is 0. The Morgan fingerprint density at radius 1 is 0.826 bits per heavy atom. The molecule has 0 N–H and O–H groups in total. The minimum absolute atomic E-state index is 0.00111. The SMILES string of the molecule is C#Cc1nnccc1S(=O)(=O)c1ccccc1.c1ccccc1. The predicted octanol–water partition coefficient (Wildman–Crippen LogP) is 2.98. The fourth-order valence-corrected chi connectivity index (χ4v) is 3.11. The first-order chi connectivity index (χ1) is 11.2. The fraction of sp³-hybridized carbons (Fsp3) is 0. The van der Waals surface area contributed by atoms with E-state index in [-0.39, 0.29) is 15.5 Å². The van der Waals surface area contributed by atoms with Crippen molar-refractivity contribution in [1.82, 2.24) is 10.2 Å². The lowest BCUT2D eigenvalue weighted by Crippen LogP contribution is -2.06. The molecule has 0 aliphatic carbocycles. The lowest BCUT2D eigenvalue weighted by atomic mass is 10.4. The van der Waals surface area contributed by atoms with Crippen LogP contribution in [0.2, 0.25) is 0 Å². The van der Waals surface area contributed by atoms with Gasteiger partial charge in [0.25, 0.3) is 0 Å². The van der Waals surface area contributed by atoms with E-state index in [1.807, 2.05) is 36.4 Å². The Morgan fingerprint density at radius 3 is 1.87 bits per heavy atom. The Kier molecular flexibility index (Phi) is 5.61. The summed E-state index contributed by atoms with van der Waals surface area (Å²) in [4.78, 5) is 0.186. The van der Waals surface area contributed by atoms with Crippen LogP contribution in [0.3, 0.4) is 0 Å². The Labute approximate surface area is 135 Å². The highest BCUT2D eigenvalue weighted by molar-refractivity contribution is 7.91. The van der Waals surface area contributed by atoms with E-state index in [2.05, 4.69) is 16.1 Å². The molecule has 114 valence electrons. The molecule has 0 saturated carbocycles. The summed E-state index contributed by atoms with van der Waals surface area (Å²) in [6.45, 7) is 0. The Bertz CT molecular complexity index is 860. The number of terminal acetylenes is 1. The van der Waals surface area contributed by atoms with E-state index >= 15 is 0 Å². The van der Waals surface area contributed by atoms with Gasteiger partial charge in [-0.05, 0) is 24.1 Å². The van der Waals surface area contributed by atoms with Crippen molar-refractivity contribution in [1.29, 1.82) is 0 Å². The highest BCUT2D eigenvalue weighted by Crippen LogP contribution is 2.21. The molecule has 0 radical (unpaired) electrons. The second-order valence-corrected chi connectivity index (χ2v) is 6.28. The quantitative estimate of drug-likeness (QED) is 0.681. The molecule has 0 spiro atoms. The maximum Gasteiger partial charge on any atom is 0.209 e. The zero-order valence-electron chi connectivity index (χ0n) is 12.2. The maximum absolute atomic E-state index is 12.3. The summed E-state index contributed by atoms with van der Waals surface area (Å²) in [6, 6.07) is 21.4. The van der Waals surface area contributed by atoms with Gasteiger partial charge in [0.2, 0.25) is 9.84 Å². The van der Waals surface area contributed by atoms with Gasteiger partial charge in [-0.25, -0.2) is 8.42 Å². The summed E-state index contributed by atoms with van der Waals surface area (Å²) in [6.07, 6.45) is 6.51. The fourth-order valence-electron chi connectivity index (χ4n) is 1.75. The first-order valence-electron chi connectivity index (χ1n) is 6.74. The molecule has 0 aliphatic heterocycles. The lowest BCUT2D eigenvalue weighted by molar-refractivity contribution is 0.595. The van der Waals surface area contributed by atoms with E-state index in [0.717, 1.165) is 0 Å². The highest BCUT2D eigenvalue weighted by atomic mass is 32.2. The van der Waals surface area contributed by atoms with Gasteiger partial charge in [0, 0.05) is 0 Å². The smallest absolute Gasteiger partial charge is 0.209 e. The third-order valence-corrected chi connectivity index (χ3v) is 4.63. The average Bonchev–Trinajstić information content (AvgIpc) is 2.64. The van der Waals surface area contributed by atoms with Crippen LogP contribution in [-0.4, -0.2) is 18.6 Å². The van der Waals surface area contributed by atoms with E-state index in [0.29, 0.717) is 0 Å². The second kappa shape index (κ2) is 7.87. The van der Waals surface area contributed by atoms with Crippen LogP contribution in [0.25, 0.3) is 0 Å². The van der Waals surface area contributed by atoms with Crippen LogP contribution in [-0.2, 0) is 9.84 Å². The summed E-state index contributed by atoms with van der Waals surface area (Å²) in [7, 11) is -3.63. The van der Waals surface area contributed by atoms with E-state index in [4.69, 9.17) is 6.42 Å². The molecular weight excluding hydrogens is 308 g/mol. The minimum Gasteiger partial charge on any atom is -0.218 e. The van der Waals surface area contributed by atoms with Gasteiger partial charge >= 0.3 is 0 Å². The Morgan fingerprint density at radius 2 is 1.35 bits per heavy atom. The molecule has 0 fully saturated rings. The van der Waals surface area contributed by atoms with Crippen molar-refractivity contribution in [2.75, 3.05) is 0 Å². The number of rotatable bonds is 2. The van der Waals surface area contributed by atoms with Crippen LogP contribution < -0.4 is 0 Å². The summed E-state index contributed by atoms with van der Waals surface area (Å²) in [5.41, 5.74) is 0.0244. The molecule has 0 bridgehead atoms. The van der Waals surface area contributed by atoms with E-state index in [9.17, 15) is 8.42 Å². The molecular formula is C18H14N2O2S. The van der Waals surface area contributed by atoms with Crippen LogP contribution in [0.1, 0.15) is 5.69 Å². The van der Waals surface area contributed by atoms with Gasteiger partial charge in [-0.2, -0.15) is 5.10 Å². The van der Waals surface area contributed by atoms with Crippen molar-refractivity contribution < 1.29 is 8.42 Å². The molecule has 23 heavy (non-hydrogen) atoms.